The fourth-order valence-corrected chi connectivity index (χ4v) is 5.33. The van der Waals surface area contributed by atoms with Crippen molar-refractivity contribution in [1.29, 1.82) is 0 Å². The first-order valence-electron chi connectivity index (χ1n) is 7.79. The lowest BCUT2D eigenvalue weighted by Gasteiger charge is -2.25. The summed E-state index contributed by atoms with van der Waals surface area (Å²) >= 11 is 0. The number of hydrogen-bond donors (Lipinski definition) is 1. The molecule has 0 aromatic rings. The number of rotatable bonds is 3. The minimum Gasteiger partial charge on any atom is -0.277 e. The van der Waals surface area contributed by atoms with Gasteiger partial charge in [0.2, 0.25) is 11.8 Å². The third-order valence-electron chi connectivity index (χ3n) is 5.75. The number of carbonyl (C=O) groups excluding carboxylic acids is 2. The van der Waals surface area contributed by atoms with E-state index in [1.165, 1.54) is 16.3 Å². The van der Waals surface area contributed by atoms with E-state index in [1.807, 2.05) is 13.8 Å². The molecule has 0 bridgehead atoms. The molecule has 2 aliphatic heterocycles. The van der Waals surface area contributed by atoms with E-state index in [2.05, 4.69) is 4.72 Å². The molecule has 3 aliphatic rings. The largest absolute Gasteiger partial charge is 0.279 e. The van der Waals surface area contributed by atoms with Gasteiger partial charge in [0.15, 0.2) is 0 Å². The fraction of sp³-hybridized carbons (Fsp3) is 0.857. The number of amides is 2. The molecule has 124 valence electrons. The molecular weight excluding hydrogens is 306 g/mol. The zero-order chi connectivity index (χ0) is 16.4. The molecule has 2 amide bonds. The van der Waals surface area contributed by atoms with Crippen LogP contribution in [0.1, 0.15) is 27.2 Å². The number of hydrogen-bond acceptors (Lipinski definition) is 4. The van der Waals surface area contributed by atoms with Crippen molar-refractivity contribution < 1.29 is 18.0 Å². The summed E-state index contributed by atoms with van der Waals surface area (Å²) in [4.78, 5) is 26.6. The van der Waals surface area contributed by atoms with Crippen molar-refractivity contribution in [2.45, 2.75) is 39.3 Å². The maximum Gasteiger partial charge on any atom is 0.279 e. The average Bonchev–Trinajstić information content (AvgIpc) is 2.82. The molecule has 0 aromatic heterocycles. The minimum atomic E-state index is -3.59. The Bertz CT molecular complexity index is 612. The first-order valence-corrected chi connectivity index (χ1v) is 9.23. The maximum absolute atomic E-state index is 12.7. The van der Waals surface area contributed by atoms with Gasteiger partial charge >= 0.3 is 0 Å². The number of nitrogens with zero attached hydrogens (tertiary/aromatic N) is 2. The van der Waals surface area contributed by atoms with E-state index in [4.69, 9.17) is 0 Å². The Morgan fingerprint density at radius 2 is 1.82 bits per heavy atom. The number of fused-ring (bicyclic) bond motifs is 1. The SMILES string of the molecule is CNS(=O)(=O)N1CC[C@H]2[C@H]1[C@H](C)C(=O)N2C(=O)C1[C@@H](C)[C@H]1C. The standard InChI is InChI=1S/C14H23N3O4S/c1-7-8(2)11(7)14(19)17-10-5-6-16(22(20,21)15-4)12(10)9(3)13(17)18/h7-12,15H,5-6H2,1-4H3/t7-,8+,9-,10-,11?,12+/m0/s1. The van der Waals surface area contributed by atoms with Gasteiger partial charge < -0.3 is 0 Å². The number of nitrogens with one attached hydrogen (secondary N) is 1. The van der Waals surface area contributed by atoms with Gasteiger partial charge in [-0.1, -0.05) is 20.8 Å². The first kappa shape index (κ1) is 15.9. The lowest BCUT2D eigenvalue weighted by Crippen LogP contribution is -2.46. The monoisotopic (exact) mass is 329 g/mol. The molecule has 1 saturated carbocycles. The predicted molar refractivity (Wildman–Crippen MR) is 79.7 cm³/mol. The Balaban J connectivity index is 1.88. The molecule has 8 heteroatoms. The Labute approximate surface area is 131 Å². The Hall–Kier alpha value is -0.990. The highest BCUT2D eigenvalue weighted by Gasteiger charge is 2.60. The van der Waals surface area contributed by atoms with E-state index in [1.54, 1.807) is 6.92 Å². The molecule has 0 aromatic carbocycles. The Kier molecular flexibility index (Phi) is 3.61. The second-order valence-corrected chi connectivity index (χ2v) is 8.57. The van der Waals surface area contributed by atoms with Gasteiger partial charge in [0.25, 0.3) is 10.2 Å². The van der Waals surface area contributed by atoms with Gasteiger partial charge in [0, 0.05) is 19.5 Å². The zero-order valence-corrected chi connectivity index (χ0v) is 14.1. The lowest BCUT2D eigenvalue weighted by atomic mass is 10.0. The molecule has 3 rings (SSSR count). The number of imide groups is 1. The summed E-state index contributed by atoms with van der Waals surface area (Å²) in [5, 5.41) is 0. The van der Waals surface area contributed by atoms with Crippen LogP contribution < -0.4 is 4.72 Å². The number of carbonyl (C=O) groups is 2. The molecule has 22 heavy (non-hydrogen) atoms. The molecule has 2 saturated heterocycles. The van der Waals surface area contributed by atoms with Crippen LogP contribution in [0.25, 0.3) is 0 Å². The second-order valence-electron chi connectivity index (χ2n) is 6.75. The second kappa shape index (κ2) is 5.01. The summed E-state index contributed by atoms with van der Waals surface area (Å²) in [6, 6.07) is -0.767. The molecule has 7 nitrogen and oxygen atoms in total. The van der Waals surface area contributed by atoms with Gasteiger partial charge in [-0.25, -0.2) is 4.72 Å². The van der Waals surface area contributed by atoms with Crippen LogP contribution in [0.5, 0.6) is 0 Å². The normalized spacial score (nSPS) is 41.8. The van der Waals surface area contributed by atoms with Gasteiger partial charge in [-0.2, -0.15) is 12.7 Å². The van der Waals surface area contributed by atoms with Gasteiger partial charge in [0.05, 0.1) is 18.0 Å². The summed E-state index contributed by atoms with van der Waals surface area (Å²) in [7, 11) is -2.23. The molecular formula is C14H23N3O4S. The Morgan fingerprint density at radius 3 is 2.32 bits per heavy atom. The van der Waals surface area contributed by atoms with E-state index in [9.17, 15) is 18.0 Å². The van der Waals surface area contributed by atoms with Gasteiger partial charge in [-0.15, -0.1) is 0 Å². The maximum atomic E-state index is 12.7. The molecule has 1 unspecified atom stereocenters. The summed E-state index contributed by atoms with van der Waals surface area (Å²) in [6.07, 6.45) is 0.517. The number of likely N-dealkylation sites (tertiary alicyclic amines) is 1. The molecule has 3 fully saturated rings. The quantitative estimate of drug-likeness (QED) is 0.727. The third kappa shape index (κ3) is 2.04. The Morgan fingerprint density at radius 1 is 1.23 bits per heavy atom. The molecule has 0 spiro atoms. The van der Waals surface area contributed by atoms with Crippen molar-refractivity contribution in [3.8, 4) is 0 Å². The van der Waals surface area contributed by atoms with Crippen LogP contribution in [0.4, 0.5) is 0 Å². The van der Waals surface area contributed by atoms with Gasteiger partial charge in [0.1, 0.15) is 0 Å². The average molecular weight is 329 g/mol. The smallest absolute Gasteiger partial charge is 0.277 e. The summed E-state index contributed by atoms with van der Waals surface area (Å²) in [6.45, 7) is 6.09. The van der Waals surface area contributed by atoms with Crippen LogP contribution >= 0.6 is 0 Å². The third-order valence-corrected chi connectivity index (χ3v) is 7.31. The topological polar surface area (TPSA) is 86.8 Å². The fourth-order valence-electron chi connectivity index (χ4n) is 4.11. The van der Waals surface area contributed by atoms with Crippen LogP contribution in [0.3, 0.4) is 0 Å². The highest BCUT2D eigenvalue weighted by Crippen LogP contribution is 2.49. The summed E-state index contributed by atoms with van der Waals surface area (Å²) in [5.41, 5.74) is 0. The van der Waals surface area contributed by atoms with Crippen molar-refractivity contribution in [2.24, 2.45) is 23.7 Å². The highest BCUT2D eigenvalue weighted by atomic mass is 32.2. The van der Waals surface area contributed by atoms with Gasteiger partial charge in [-0.3, -0.25) is 14.5 Å². The van der Waals surface area contributed by atoms with E-state index in [0.717, 1.165) is 0 Å². The predicted octanol–water partition coefficient (Wildman–Crippen LogP) is -0.200. The minimum absolute atomic E-state index is 0.0927. The van der Waals surface area contributed by atoms with E-state index < -0.39 is 22.2 Å². The molecule has 1 N–H and O–H groups in total. The van der Waals surface area contributed by atoms with Crippen LogP contribution in [0, 0.1) is 23.7 Å². The van der Waals surface area contributed by atoms with Crippen molar-refractivity contribution in [2.75, 3.05) is 13.6 Å². The van der Waals surface area contributed by atoms with Crippen molar-refractivity contribution in [3.63, 3.8) is 0 Å². The van der Waals surface area contributed by atoms with E-state index in [-0.39, 0.29) is 23.8 Å². The van der Waals surface area contributed by atoms with Crippen LogP contribution in [-0.4, -0.2) is 55.1 Å². The van der Waals surface area contributed by atoms with Crippen molar-refractivity contribution in [3.05, 3.63) is 0 Å². The molecule has 2 heterocycles. The zero-order valence-electron chi connectivity index (χ0n) is 13.3. The summed E-state index contributed by atoms with van der Waals surface area (Å²) < 4.78 is 27.9. The van der Waals surface area contributed by atoms with Crippen LogP contribution in [0.2, 0.25) is 0 Å². The van der Waals surface area contributed by atoms with Crippen molar-refractivity contribution in [1.82, 2.24) is 13.9 Å². The van der Waals surface area contributed by atoms with E-state index >= 15 is 0 Å². The van der Waals surface area contributed by atoms with Gasteiger partial charge in [-0.05, 0) is 18.3 Å². The van der Waals surface area contributed by atoms with Crippen LogP contribution in [0.15, 0.2) is 0 Å². The molecule has 0 radical (unpaired) electrons. The van der Waals surface area contributed by atoms with Crippen LogP contribution in [-0.2, 0) is 19.8 Å². The lowest BCUT2D eigenvalue weighted by molar-refractivity contribution is -0.146. The highest BCUT2D eigenvalue weighted by molar-refractivity contribution is 7.87. The van der Waals surface area contributed by atoms with Crippen molar-refractivity contribution >= 4 is 22.0 Å². The molecule has 1 aliphatic carbocycles. The summed E-state index contributed by atoms with van der Waals surface area (Å²) in [5.74, 6) is -0.328. The molecule has 6 atom stereocenters. The first-order chi connectivity index (χ1) is 10.2. The van der Waals surface area contributed by atoms with E-state index in [0.29, 0.717) is 24.8 Å².